The molecule has 2 N–H and O–H groups in total. The molecule has 0 saturated heterocycles. The molecule has 4 heteroatoms. The molecular formula is C13H20BrNO2. The van der Waals surface area contributed by atoms with Crippen LogP contribution in [0.1, 0.15) is 18.9 Å². The summed E-state index contributed by atoms with van der Waals surface area (Å²) in [5.74, 6) is 1.19. The molecule has 1 rings (SSSR count). The number of nitrogens with one attached hydrogen (secondary N) is 1. The Balaban J connectivity index is 2.44. The van der Waals surface area contributed by atoms with Crippen molar-refractivity contribution < 1.29 is 9.84 Å². The summed E-state index contributed by atoms with van der Waals surface area (Å²) in [6.45, 7) is 3.98. The van der Waals surface area contributed by atoms with E-state index in [4.69, 9.17) is 9.84 Å². The SMILES string of the molecule is CCC(CO)CNCc1ccc(OC)c(Br)c1. The number of aliphatic hydroxyl groups excluding tert-OH is 1. The van der Waals surface area contributed by atoms with E-state index in [0.29, 0.717) is 5.92 Å². The van der Waals surface area contributed by atoms with Crippen molar-refractivity contribution in [3.63, 3.8) is 0 Å². The largest absolute Gasteiger partial charge is 0.496 e. The van der Waals surface area contributed by atoms with Gasteiger partial charge in [0.15, 0.2) is 0 Å². The van der Waals surface area contributed by atoms with Gasteiger partial charge in [-0.2, -0.15) is 0 Å². The average Bonchev–Trinajstić information content (AvgIpc) is 2.35. The van der Waals surface area contributed by atoms with Crippen molar-refractivity contribution in [1.82, 2.24) is 5.32 Å². The third kappa shape index (κ3) is 4.66. The van der Waals surface area contributed by atoms with Crippen LogP contribution in [0.25, 0.3) is 0 Å². The molecule has 0 fully saturated rings. The van der Waals surface area contributed by atoms with E-state index >= 15 is 0 Å². The van der Waals surface area contributed by atoms with E-state index in [1.807, 2.05) is 18.2 Å². The van der Waals surface area contributed by atoms with Crippen molar-refractivity contribution in [2.45, 2.75) is 19.9 Å². The minimum atomic E-state index is 0.246. The molecule has 1 aromatic rings. The number of aliphatic hydroxyl groups is 1. The minimum absolute atomic E-state index is 0.246. The molecule has 0 saturated carbocycles. The number of hydrogen-bond acceptors (Lipinski definition) is 3. The van der Waals surface area contributed by atoms with Crippen molar-refractivity contribution in [3.8, 4) is 5.75 Å². The zero-order valence-corrected chi connectivity index (χ0v) is 12.0. The summed E-state index contributed by atoms with van der Waals surface area (Å²) in [6.07, 6.45) is 0.996. The van der Waals surface area contributed by atoms with Crippen LogP contribution in [0, 0.1) is 5.92 Å². The lowest BCUT2D eigenvalue weighted by atomic mass is 10.1. The molecule has 0 radical (unpaired) electrons. The molecule has 0 aromatic heterocycles. The summed E-state index contributed by atoms with van der Waals surface area (Å²) in [4.78, 5) is 0. The molecule has 0 bridgehead atoms. The van der Waals surface area contributed by atoms with E-state index in [1.54, 1.807) is 7.11 Å². The lowest BCUT2D eigenvalue weighted by Crippen LogP contribution is -2.24. The highest BCUT2D eigenvalue weighted by Gasteiger charge is 2.04. The van der Waals surface area contributed by atoms with Gasteiger partial charge in [-0.15, -0.1) is 0 Å². The van der Waals surface area contributed by atoms with Crippen LogP contribution in [-0.4, -0.2) is 25.4 Å². The number of halogens is 1. The van der Waals surface area contributed by atoms with Gasteiger partial charge in [-0.05, 0) is 46.0 Å². The summed E-state index contributed by atoms with van der Waals surface area (Å²) in [7, 11) is 1.66. The van der Waals surface area contributed by atoms with Gasteiger partial charge in [0.1, 0.15) is 5.75 Å². The van der Waals surface area contributed by atoms with Gasteiger partial charge >= 0.3 is 0 Å². The lowest BCUT2D eigenvalue weighted by molar-refractivity contribution is 0.218. The van der Waals surface area contributed by atoms with Gasteiger partial charge in [0.25, 0.3) is 0 Å². The van der Waals surface area contributed by atoms with E-state index < -0.39 is 0 Å². The third-order valence-corrected chi connectivity index (χ3v) is 3.43. The van der Waals surface area contributed by atoms with E-state index in [-0.39, 0.29) is 6.61 Å². The average molecular weight is 302 g/mol. The van der Waals surface area contributed by atoms with Crippen LogP contribution in [-0.2, 0) is 6.54 Å². The minimum Gasteiger partial charge on any atom is -0.496 e. The molecular weight excluding hydrogens is 282 g/mol. The number of hydrogen-bond donors (Lipinski definition) is 2. The fourth-order valence-electron chi connectivity index (χ4n) is 1.58. The van der Waals surface area contributed by atoms with Gasteiger partial charge in [0, 0.05) is 19.7 Å². The summed E-state index contributed by atoms with van der Waals surface area (Å²) < 4.78 is 6.14. The zero-order valence-electron chi connectivity index (χ0n) is 10.4. The molecule has 1 unspecified atom stereocenters. The van der Waals surface area contributed by atoms with Crippen molar-refractivity contribution in [3.05, 3.63) is 28.2 Å². The Bertz CT molecular complexity index is 340. The monoisotopic (exact) mass is 301 g/mol. The molecule has 1 aromatic carbocycles. The third-order valence-electron chi connectivity index (χ3n) is 2.81. The second kappa shape index (κ2) is 7.69. The fourth-order valence-corrected chi connectivity index (χ4v) is 2.17. The number of methoxy groups -OCH3 is 1. The van der Waals surface area contributed by atoms with Crippen molar-refractivity contribution >= 4 is 15.9 Å². The first-order valence-corrected chi connectivity index (χ1v) is 6.64. The molecule has 0 aliphatic carbocycles. The second-order valence-corrected chi connectivity index (χ2v) is 4.91. The number of benzene rings is 1. The maximum absolute atomic E-state index is 9.07. The molecule has 0 aliphatic heterocycles. The standard InChI is InChI=1S/C13H20BrNO2/c1-3-10(9-16)7-15-8-11-4-5-13(17-2)12(14)6-11/h4-6,10,15-16H,3,7-9H2,1-2H3. The van der Waals surface area contributed by atoms with Crippen LogP contribution in [0.4, 0.5) is 0 Å². The van der Waals surface area contributed by atoms with Crippen molar-refractivity contribution in [2.24, 2.45) is 5.92 Å². The Kier molecular flexibility index (Phi) is 6.55. The first-order chi connectivity index (χ1) is 8.21. The first kappa shape index (κ1) is 14.5. The summed E-state index contributed by atoms with van der Waals surface area (Å²) in [5.41, 5.74) is 1.20. The Morgan fingerprint density at radius 2 is 2.24 bits per heavy atom. The van der Waals surface area contributed by atoms with Crippen molar-refractivity contribution in [1.29, 1.82) is 0 Å². The molecule has 17 heavy (non-hydrogen) atoms. The predicted octanol–water partition coefficient (Wildman–Crippen LogP) is 2.57. The first-order valence-electron chi connectivity index (χ1n) is 5.85. The van der Waals surface area contributed by atoms with E-state index in [2.05, 4.69) is 28.2 Å². The van der Waals surface area contributed by atoms with Gasteiger partial charge in [-0.25, -0.2) is 0 Å². The van der Waals surface area contributed by atoms with Gasteiger partial charge in [0.2, 0.25) is 0 Å². The van der Waals surface area contributed by atoms with Crippen LogP contribution in [0.2, 0.25) is 0 Å². The Morgan fingerprint density at radius 1 is 1.47 bits per heavy atom. The quantitative estimate of drug-likeness (QED) is 0.813. The topological polar surface area (TPSA) is 41.5 Å². The molecule has 96 valence electrons. The van der Waals surface area contributed by atoms with Gasteiger partial charge in [0.05, 0.1) is 11.6 Å². The molecule has 0 spiro atoms. The second-order valence-electron chi connectivity index (χ2n) is 4.06. The Morgan fingerprint density at radius 3 is 2.76 bits per heavy atom. The smallest absolute Gasteiger partial charge is 0.133 e. The maximum Gasteiger partial charge on any atom is 0.133 e. The summed E-state index contributed by atoms with van der Waals surface area (Å²) in [5, 5.41) is 12.4. The van der Waals surface area contributed by atoms with Crippen LogP contribution in [0.5, 0.6) is 5.75 Å². The lowest BCUT2D eigenvalue weighted by Gasteiger charge is -2.13. The zero-order chi connectivity index (χ0) is 12.7. The fraction of sp³-hybridized carbons (Fsp3) is 0.538. The molecule has 0 aliphatic rings. The van der Waals surface area contributed by atoms with Crippen molar-refractivity contribution in [2.75, 3.05) is 20.3 Å². The number of rotatable bonds is 7. The highest BCUT2D eigenvalue weighted by molar-refractivity contribution is 9.10. The highest BCUT2D eigenvalue weighted by atomic mass is 79.9. The number of ether oxygens (including phenoxy) is 1. The van der Waals surface area contributed by atoms with E-state index in [9.17, 15) is 0 Å². The highest BCUT2D eigenvalue weighted by Crippen LogP contribution is 2.25. The van der Waals surface area contributed by atoms with E-state index in [1.165, 1.54) is 5.56 Å². The van der Waals surface area contributed by atoms with Gasteiger partial charge in [-0.1, -0.05) is 13.0 Å². The summed E-state index contributed by atoms with van der Waals surface area (Å²) in [6, 6.07) is 6.03. The Hall–Kier alpha value is -0.580. The Labute approximate surface area is 111 Å². The molecule has 1 atom stereocenters. The summed E-state index contributed by atoms with van der Waals surface area (Å²) >= 11 is 3.46. The van der Waals surface area contributed by atoms with Gasteiger partial charge in [-0.3, -0.25) is 0 Å². The molecule has 0 amide bonds. The molecule has 3 nitrogen and oxygen atoms in total. The van der Waals surface area contributed by atoms with Gasteiger partial charge < -0.3 is 15.2 Å². The van der Waals surface area contributed by atoms with Crippen LogP contribution < -0.4 is 10.1 Å². The molecule has 0 heterocycles. The van der Waals surface area contributed by atoms with Crippen LogP contribution in [0.3, 0.4) is 0 Å². The van der Waals surface area contributed by atoms with E-state index in [0.717, 1.165) is 29.7 Å². The predicted molar refractivity (Wildman–Crippen MR) is 73.3 cm³/mol. The normalized spacial score (nSPS) is 12.5. The van der Waals surface area contributed by atoms with Crippen LogP contribution in [0.15, 0.2) is 22.7 Å². The van der Waals surface area contributed by atoms with Crippen LogP contribution >= 0.6 is 15.9 Å². The maximum atomic E-state index is 9.07.